The summed E-state index contributed by atoms with van der Waals surface area (Å²) in [6, 6.07) is 10.9. The molecular weight excluding hydrogens is 387 g/mol. The zero-order chi connectivity index (χ0) is 21.8. The number of hydrogen-bond donors (Lipinski definition) is 1. The Bertz CT molecular complexity index is 1180. The fourth-order valence-corrected chi connectivity index (χ4v) is 2.89. The van der Waals surface area contributed by atoms with Crippen LogP contribution in [-0.2, 0) is 11.8 Å². The minimum atomic E-state index is -0.502. The maximum absolute atomic E-state index is 14.4. The predicted molar refractivity (Wildman–Crippen MR) is 114 cm³/mol. The van der Waals surface area contributed by atoms with Gasteiger partial charge in [-0.05, 0) is 48.9 Å². The van der Waals surface area contributed by atoms with Crippen LogP contribution < -0.4 is 20.3 Å². The van der Waals surface area contributed by atoms with E-state index in [9.17, 15) is 14.0 Å². The van der Waals surface area contributed by atoms with Crippen LogP contribution in [0.5, 0.6) is 17.2 Å². The van der Waals surface area contributed by atoms with Crippen molar-refractivity contribution in [2.24, 2.45) is 7.05 Å². The highest BCUT2D eigenvalue weighted by Gasteiger charge is 2.17. The molecule has 0 bridgehead atoms. The van der Waals surface area contributed by atoms with Crippen molar-refractivity contribution in [1.29, 1.82) is 0 Å². The number of ether oxygens (including phenoxy) is 2. The van der Waals surface area contributed by atoms with Crippen LogP contribution in [0.3, 0.4) is 0 Å². The molecule has 3 aromatic rings. The van der Waals surface area contributed by atoms with E-state index in [1.807, 2.05) is 0 Å². The van der Waals surface area contributed by atoms with Crippen LogP contribution in [0.4, 0.5) is 10.1 Å². The summed E-state index contributed by atoms with van der Waals surface area (Å²) in [6.45, 7) is 5.22. The third kappa shape index (κ3) is 4.41. The van der Waals surface area contributed by atoms with Crippen molar-refractivity contribution < 1.29 is 18.7 Å². The van der Waals surface area contributed by atoms with Crippen molar-refractivity contribution in [3.63, 3.8) is 0 Å². The molecule has 1 heterocycles. The van der Waals surface area contributed by atoms with E-state index in [0.717, 1.165) is 11.6 Å². The Kier molecular flexibility index (Phi) is 6.01. The first-order valence-electron chi connectivity index (χ1n) is 9.09. The van der Waals surface area contributed by atoms with Crippen LogP contribution in [-0.4, -0.2) is 17.6 Å². The van der Waals surface area contributed by atoms with E-state index < -0.39 is 5.82 Å². The predicted octanol–water partition coefficient (Wildman–Crippen LogP) is 4.43. The summed E-state index contributed by atoms with van der Waals surface area (Å²) in [5.41, 5.74) is 2.03. The van der Waals surface area contributed by atoms with Gasteiger partial charge in [0, 0.05) is 36.1 Å². The van der Waals surface area contributed by atoms with Crippen molar-refractivity contribution in [2.75, 3.05) is 12.4 Å². The summed E-state index contributed by atoms with van der Waals surface area (Å²) in [7, 11) is 3.05. The molecular formula is C23H21FN2O4. The zero-order valence-electron chi connectivity index (χ0n) is 16.9. The average Bonchev–Trinajstić information content (AvgIpc) is 2.72. The van der Waals surface area contributed by atoms with E-state index in [1.54, 1.807) is 50.5 Å². The van der Waals surface area contributed by atoms with Crippen LogP contribution >= 0.6 is 0 Å². The van der Waals surface area contributed by atoms with E-state index in [-0.39, 0.29) is 17.2 Å². The molecule has 0 radical (unpaired) electrons. The van der Waals surface area contributed by atoms with Gasteiger partial charge in [-0.15, -0.1) is 0 Å². The largest absolute Gasteiger partial charge is 0.496 e. The summed E-state index contributed by atoms with van der Waals surface area (Å²) < 4.78 is 27.0. The van der Waals surface area contributed by atoms with E-state index in [4.69, 9.17) is 9.47 Å². The fourth-order valence-electron chi connectivity index (χ4n) is 2.89. The first kappa shape index (κ1) is 20.9. The van der Waals surface area contributed by atoms with Gasteiger partial charge in [-0.1, -0.05) is 12.6 Å². The van der Waals surface area contributed by atoms with Crippen molar-refractivity contribution in [2.45, 2.75) is 6.92 Å². The van der Waals surface area contributed by atoms with Gasteiger partial charge >= 0.3 is 0 Å². The molecule has 154 valence electrons. The van der Waals surface area contributed by atoms with Gasteiger partial charge in [0.1, 0.15) is 11.5 Å². The number of nitrogens with one attached hydrogen (secondary N) is 1. The normalized spacial score (nSPS) is 10.4. The molecule has 0 saturated heterocycles. The number of rotatable bonds is 6. The zero-order valence-corrected chi connectivity index (χ0v) is 16.9. The van der Waals surface area contributed by atoms with Gasteiger partial charge in [0.25, 0.3) is 5.56 Å². The number of halogens is 1. The number of carbonyl (C=O) groups excluding carboxylic acids is 1. The van der Waals surface area contributed by atoms with E-state index >= 15 is 0 Å². The average molecular weight is 408 g/mol. The molecule has 1 aromatic heterocycles. The van der Waals surface area contributed by atoms with Gasteiger partial charge in [0.2, 0.25) is 5.91 Å². The monoisotopic (exact) mass is 408 g/mol. The number of carbonyl (C=O) groups is 1. The number of aromatic nitrogens is 1. The van der Waals surface area contributed by atoms with Gasteiger partial charge in [-0.25, -0.2) is 4.39 Å². The summed E-state index contributed by atoms with van der Waals surface area (Å²) >= 11 is 0. The van der Waals surface area contributed by atoms with E-state index in [1.165, 1.54) is 23.8 Å². The first-order chi connectivity index (χ1) is 14.3. The second kappa shape index (κ2) is 8.65. The lowest BCUT2D eigenvalue weighted by molar-refractivity contribution is -0.111. The Morgan fingerprint density at radius 1 is 1.10 bits per heavy atom. The maximum atomic E-state index is 14.4. The minimum Gasteiger partial charge on any atom is -0.496 e. The number of nitrogens with zero attached hydrogens (tertiary/aromatic N) is 1. The smallest absolute Gasteiger partial charge is 0.254 e. The van der Waals surface area contributed by atoms with Gasteiger partial charge in [0.15, 0.2) is 11.6 Å². The summed E-state index contributed by atoms with van der Waals surface area (Å²) in [4.78, 5) is 23.7. The third-order valence-electron chi connectivity index (χ3n) is 4.44. The molecule has 0 aliphatic heterocycles. The molecule has 7 heteroatoms. The lowest BCUT2D eigenvalue weighted by atomic mass is 10.0. The van der Waals surface area contributed by atoms with Crippen LogP contribution in [0, 0.1) is 12.7 Å². The summed E-state index contributed by atoms with van der Waals surface area (Å²) in [6.07, 6.45) is 2.74. The Morgan fingerprint density at radius 2 is 1.83 bits per heavy atom. The Hall–Kier alpha value is -3.87. The van der Waals surface area contributed by atoms with Crippen molar-refractivity contribution in [3.8, 4) is 28.4 Å². The molecule has 2 aromatic carbocycles. The second-order valence-corrected chi connectivity index (χ2v) is 6.64. The fraction of sp³-hybridized carbons (Fsp3) is 0.130. The lowest BCUT2D eigenvalue weighted by Gasteiger charge is -2.17. The number of benzene rings is 2. The van der Waals surface area contributed by atoms with Crippen LogP contribution in [0.1, 0.15) is 5.56 Å². The van der Waals surface area contributed by atoms with Crippen molar-refractivity contribution >= 4 is 11.6 Å². The SMILES string of the molecule is C=CC(=O)Nc1ccc(Oc2ccc(C)cc2F)c(-c2cn(C)c(=O)cc2OC)c1. The number of aryl methyl sites for hydroxylation is 2. The number of anilines is 1. The van der Waals surface area contributed by atoms with Gasteiger partial charge in [-0.2, -0.15) is 0 Å². The molecule has 0 aliphatic carbocycles. The number of pyridine rings is 1. The molecule has 0 fully saturated rings. The molecule has 3 rings (SSSR count). The van der Waals surface area contributed by atoms with Gasteiger partial charge in [0.05, 0.1) is 7.11 Å². The Balaban J connectivity index is 2.18. The minimum absolute atomic E-state index is 0.0495. The van der Waals surface area contributed by atoms with E-state index in [2.05, 4.69) is 11.9 Å². The molecule has 1 amide bonds. The topological polar surface area (TPSA) is 69.6 Å². The highest BCUT2D eigenvalue weighted by molar-refractivity contribution is 5.99. The maximum Gasteiger partial charge on any atom is 0.254 e. The lowest BCUT2D eigenvalue weighted by Crippen LogP contribution is -2.15. The van der Waals surface area contributed by atoms with Crippen LogP contribution in [0.2, 0.25) is 0 Å². The Morgan fingerprint density at radius 3 is 2.50 bits per heavy atom. The van der Waals surface area contributed by atoms with Crippen molar-refractivity contribution in [3.05, 3.63) is 83.1 Å². The van der Waals surface area contributed by atoms with Crippen molar-refractivity contribution in [1.82, 2.24) is 4.57 Å². The van der Waals surface area contributed by atoms with Crippen LogP contribution in [0.25, 0.3) is 11.1 Å². The molecule has 0 atom stereocenters. The third-order valence-corrected chi connectivity index (χ3v) is 4.44. The quantitative estimate of drug-likeness (QED) is 0.613. The summed E-state index contributed by atoms with van der Waals surface area (Å²) in [5.74, 6) is -0.191. The number of methoxy groups -OCH3 is 1. The van der Waals surface area contributed by atoms with Gasteiger partial charge in [-0.3, -0.25) is 9.59 Å². The number of amides is 1. The molecule has 1 N–H and O–H groups in total. The highest BCUT2D eigenvalue weighted by atomic mass is 19.1. The molecule has 0 spiro atoms. The molecule has 6 nitrogen and oxygen atoms in total. The molecule has 0 aliphatic rings. The summed E-state index contributed by atoms with van der Waals surface area (Å²) in [5, 5.41) is 2.68. The van der Waals surface area contributed by atoms with Crippen LogP contribution in [0.15, 0.2) is 66.1 Å². The number of hydrogen-bond acceptors (Lipinski definition) is 4. The highest BCUT2D eigenvalue weighted by Crippen LogP contribution is 2.40. The molecule has 0 unspecified atom stereocenters. The first-order valence-corrected chi connectivity index (χ1v) is 9.09. The van der Waals surface area contributed by atoms with E-state index in [0.29, 0.717) is 28.3 Å². The Labute approximate surface area is 173 Å². The molecule has 0 saturated carbocycles. The second-order valence-electron chi connectivity index (χ2n) is 6.64. The standard InChI is InChI=1S/C23H21FN2O4/c1-5-22(27)25-15-7-9-19(30-20-8-6-14(2)10-18(20)24)16(11-15)17-13-26(3)23(28)12-21(17)29-4/h5-13H,1H2,2-4H3,(H,25,27). The molecule has 30 heavy (non-hydrogen) atoms. The van der Waals surface area contributed by atoms with Gasteiger partial charge < -0.3 is 19.4 Å².